The van der Waals surface area contributed by atoms with E-state index in [1.54, 1.807) is 48.9 Å². The summed E-state index contributed by atoms with van der Waals surface area (Å²) in [5.41, 5.74) is 1.58. The van der Waals surface area contributed by atoms with Crippen molar-refractivity contribution in [2.24, 2.45) is 0 Å². The second kappa shape index (κ2) is 8.66. The van der Waals surface area contributed by atoms with Crippen LogP contribution in [-0.4, -0.2) is 53.6 Å². The number of nitriles is 1. The molecule has 2 aliphatic heterocycles. The van der Waals surface area contributed by atoms with E-state index in [2.05, 4.69) is 20.6 Å². The fourth-order valence-electron chi connectivity index (χ4n) is 3.80. The lowest BCUT2D eigenvalue weighted by molar-refractivity contribution is 0.00917. The number of amides is 1. The Hall–Kier alpha value is -3.94. The zero-order chi connectivity index (χ0) is 21.9. The van der Waals surface area contributed by atoms with Crippen LogP contribution in [0.3, 0.4) is 0 Å². The molecule has 4 atom stereocenters. The number of nitrogens with zero attached hydrogens (tertiary/aromatic N) is 3. The van der Waals surface area contributed by atoms with Crippen molar-refractivity contribution in [1.82, 2.24) is 9.97 Å². The molecule has 0 unspecified atom stereocenters. The lowest BCUT2D eigenvalue weighted by Crippen LogP contribution is -2.38. The lowest BCUT2D eigenvalue weighted by Gasteiger charge is -2.18. The third-order valence-corrected chi connectivity index (χ3v) is 5.25. The number of benzene rings is 1. The topological polar surface area (TPSA) is 132 Å². The molecular formula is C22H19N5O5. The van der Waals surface area contributed by atoms with Gasteiger partial charge < -0.3 is 23.9 Å². The highest BCUT2D eigenvalue weighted by atomic mass is 16.6. The highest BCUT2D eigenvalue weighted by Crippen LogP contribution is 2.31. The van der Waals surface area contributed by atoms with Gasteiger partial charge in [-0.15, -0.1) is 0 Å². The molecule has 5 rings (SSSR count). The number of ether oxygens (including phenoxy) is 3. The predicted molar refractivity (Wildman–Crippen MR) is 112 cm³/mol. The number of hydrogen-bond acceptors (Lipinski definition) is 9. The molecule has 0 saturated carbocycles. The van der Waals surface area contributed by atoms with Crippen LogP contribution in [0.4, 0.5) is 16.4 Å². The molecule has 2 aliphatic rings. The summed E-state index contributed by atoms with van der Waals surface area (Å²) < 4.78 is 22.6. The number of furan rings is 1. The van der Waals surface area contributed by atoms with Crippen LogP contribution >= 0.6 is 0 Å². The molecule has 1 aromatic carbocycles. The molecule has 2 fully saturated rings. The highest BCUT2D eigenvalue weighted by molar-refractivity contribution is 5.85. The maximum absolute atomic E-state index is 12.3. The van der Waals surface area contributed by atoms with Gasteiger partial charge in [0.2, 0.25) is 5.95 Å². The summed E-state index contributed by atoms with van der Waals surface area (Å²) in [5, 5.41) is 14.8. The minimum Gasteiger partial charge on any atom is -0.463 e. The molecule has 32 heavy (non-hydrogen) atoms. The number of rotatable bonds is 5. The van der Waals surface area contributed by atoms with Crippen molar-refractivity contribution >= 4 is 17.7 Å². The summed E-state index contributed by atoms with van der Waals surface area (Å²) in [7, 11) is 0. The van der Waals surface area contributed by atoms with E-state index in [4.69, 9.17) is 23.9 Å². The number of fused-ring (bicyclic) bond motifs is 1. The smallest absolute Gasteiger partial charge is 0.412 e. The van der Waals surface area contributed by atoms with Crippen LogP contribution < -0.4 is 10.6 Å². The summed E-state index contributed by atoms with van der Waals surface area (Å²) in [5.74, 6) is 1.07. The molecule has 0 spiro atoms. The van der Waals surface area contributed by atoms with Crippen molar-refractivity contribution in [3.8, 4) is 17.5 Å². The minimum absolute atomic E-state index is 0.198. The highest BCUT2D eigenvalue weighted by Gasteiger charge is 2.49. The molecule has 1 amide bonds. The lowest BCUT2D eigenvalue weighted by atomic mass is 10.1. The average molecular weight is 433 g/mol. The first-order valence-electron chi connectivity index (χ1n) is 10.0. The number of carbonyl (C=O) groups excluding carboxylic acids is 1. The van der Waals surface area contributed by atoms with Gasteiger partial charge >= 0.3 is 6.09 Å². The third kappa shape index (κ3) is 4.12. The van der Waals surface area contributed by atoms with E-state index in [1.807, 2.05) is 12.1 Å². The molecule has 3 aromatic rings. The van der Waals surface area contributed by atoms with Gasteiger partial charge in [0.25, 0.3) is 0 Å². The maximum Gasteiger partial charge on any atom is 0.412 e. The number of nitrogens with one attached hydrogen (secondary N) is 2. The van der Waals surface area contributed by atoms with E-state index in [1.165, 1.54) is 0 Å². The van der Waals surface area contributed by atoms with E-state index < -0.39 is 18.3 Å². The van der Waals surface area contributed by atoms with Gasteiger partial charge in [-0.1, -0.05) is 6.07 Å². The van der Waals surface area contributed by atoms with Gasteiger partial charge in [0, 0.05) is 11.9 Å². The van der Waals surface area contributed by atoms with Crippen molar-refractivity contribution in [3.05, 3.63) is 60.5 Å². The second-order valence-corrected chi connectivity index (χ2v) is 7.35. The normalized spacial score (nSPS) is 23.8. The van der Waals surface area contributed by atoms with Crippen LogP contribution in [0, 0.1) is 11.3 Å². The molecule has 0 bridgehead atoms. The summed E-state index contributed by atoms with van der Waals surface area (Å²) in [6.07, 6.45) is 1.32. The Balaban J connectivity index is 1.19. The van der Waals surface area contributed by atoms with Crippen molar-refractivity contribution in [2.45, 2.75) is 24.4 Å². The molecule has 2 saturated heterocycles. The average Bonchev–Trinajstić information content (AvgIpc) is 3.55. The fourth-order valence-corrected chi connectivity index (χ4v) is 3.80. The first-order chi connectivity index (χ1) is 15.7. The molecule has 0 aliphatic carbocycles. The zero-order valence-electron chi connectivity index (χ0n) is 16.8. The van der Waals surface area contributed by atoms with E-state index >= 15 is 0 Å². The van der Waals surface area contributed by atoms with Gasteiger partial charge in [-0.05, 0) is 36.4 Å². The minimum atomic E-state index is -0.635. The Bertz CT molecular complexity index is 1150. The fraction of sp³-hybridized carbons (Fsp3) is 0.273. The van der Waals surface area contributed by atoms with E-state index in [-0.39, 0.29) is 18.8 Å². The molecule has 0 radical (unpaired) electrons. The second-order valence-electron chi connectivity index (χ2n) is 7.35. The third-order valence-electron chi connectivity index (χ3n) is 5.25. The number of aromatic nitrogens is 2. The summed E-state index contributed by atoms with van der Waals surface area (Å²) >= 11 is 0. The van der Waals surface area contributed by atoms with Gasteiger partial charge in [-0.3, -0.25) is 5.32 Å². The van der Waals surface area contributed by atoms with E-state index in [9.17, 15) is 4.79 Å². The summed E-state index contributed by atoms with van der Waals surface area (Å²) in [4.78, 5) is 21.0. The summed E-state index contributed by atoms with van der Waals surface area (Å²) in [6, 6.07) is 13.8. The van der Waals surface area contributed by atoms with Crippen molar-refractivity contribution < 1.29 is 23.4 Å². The van der Waals surface area contributed by atoms with Gasteiger partial charge in [-0.2, -0.15) is 5.26 Å². The molecular weight excluding hydrogens is 414 g/mol. The van der Waals surface area contributed by atoms with Gasteiger partial charge in [0.1, 0.15) is 17.9 Å². The number of carbonyl (C=O) groups is 1. The Kier molecular flexibility index (Phi) is 5.41. The SMILES string of the molecule is N#Cc1cccc(NC(=O)O[C@H]2CO[C@@H]3[C@@H]2OC[C@@H]3Nc2nccc(-c3ccco3)n2)c1. The zero-order valence-corrected chi connectivity index (χ0v) is 16.8. The van der Waals surface area contributed by atoms with Crippen molar-refractivity contribution in [3.63, 3.8) is 0 Å². The molecule has 4 heterocycles. The molecule has 10 nitrogen and oxygen atoms in total. The first-order valence-corrected chi connectivity index (χ1v) is 10.0. The van der Waals surface area contributed by atoms with Crippen LogP contribution in [0.25, 0.3) is 11.5 Å². The largest absolute Gasteiger partial charge is 0.463 e. The first kappa shape index (κ1) is 20.0. The van der Waals surface area contributed by atoms with E-state index in [0.29, 0.717) is 35.3 Å². The quantitative estimate of drug-likeness (QED) is 0.623. The van der Waals surface area contributed by atoms with Crippen molar-refractivity contribution in [2.75, 3.05) is 23.8 Å². The molecule has 2 aromatic heterocycles. The van der Waals surface area contributed by atoms with Crippen LogP contribution in [-0.2, 0) is 14.2 Å². The molecule has 2 N–H and O–H groups in total. The molecule has 10 heteroatoms. The van der Waals surface area contributed by atoms with Gasteiger partial charge in [0.15, 0.2) is 11.9 Å². The van der Waals surface area contributed by atoms with E-state index in [0.717, 1.165) is 0 Å². The molecule has 162 valence electrons. The van der Waals surface area contributed by atoms with Gasteiger partial charge in [-0.25, -0.2) is 14.8 Å². The Morgan fingerprint density at radius 1 is 1.16 bits per heavy atom. The Morgan fingerprint density at radius 3 is 2.91 bits per heavy atom. The maximum atomic E-state index is 12.3. The van der Waals surface area contributed by atoms with Crippen LogP contribution in [0.5, 0.6) is 0 Å². The Morgan fingerprint density at radius 2 is 2.06 bits per heavy atom. The van der Waals surface area contributed by atoms with Crippen molar-refractivity contribution in [1.29, 1.82) is 5.26 Å². The number of anilines is 2. The Labute approximate surface area is 183 Å². The summed E-state index contributed by atoms with van der Waals surface area (Å²) in [6.45, 7) is 0.571. The monoisotopic (exact) mass is 433 g/mol. The standard InChI is InChI=1S/C22H19N5O5/c23-10-13-3-1-4-14(9-13)25-22(28)32-18-12-31-19-16(11-30-20(18)19)27-21-24-7-6-15(26-21)17-5-2-8-29-17/h1-9,16,18-20H,11-12H2,(H,25,28)(H,24,26,27)/t16-,18-,19-,20+/m0/s1. The van der Waals surface area contributed by atoms with Crippen LogP contribution in [0.15, 0.2) is 59.3 Å². The van der Waals surface area contributed by atoms with Gasteiger partial charge in [0.05, 0.1) is 37.2 Å². The predicted octanol–water partition coefficient (Wildman–Crippen LogP) is 2.80. The number of hydrogen-bond donors (Lipinski definition) is 2. The van der Waals surface area contributed by atoms with Crippen LogP contribution in [0.1, 0.15) is 5.56 Å². The van der Waals surface area contributed by atoms with Crippen LogP contribution in [0.2, 0.25) is 0 Å².